The number of aliphatic hydroxyl groups excluding tert-OH is 1. The Labute approximate surface area is 130 Å². The molecule has 1 aromatic rings. The first-order valence-electron chi connectivity index (χ1n) is 7.56. The fourth-order valence-corrected chi connectivity index (χ4v) is 2.81. The van der Waals surface area contributed by atoms with Crippen molar-refractivity contribution in [1.29, 1.82) is 0 Å². The normalized spacial score (nSPS) is 24.5. The van der Waals surface area contributed by atoms with Gasteiger partial charge in [0, 0.05) is 25.0 Å². The molecular weight excluding hydrogens is 284 g/mol. The lowest BCUT2D eigenvalue weighted by Crippen LogP contribution is -2.36. The molecule has 0 bridgehead atoms. The standard InChI is InChI=1S/C17H22O5/c1-2-21-17-13(9-6-10-18)14(11-15(22-17)16(19)20)12-7-4-3-5-8-12/h3-5,7-8,11,13-14,17-18H,2,6,9-10H2,1H3,(H,19,20)/t13-,14-,17-/m1/s1. The Morgan fingerprint density at radius 1 is 1.32 bits per heavy atom. The van der Waals surface area contributed by atoms with Crippen LogP contribution in [0, 0.1) is 5.92 Å². The van der Waals surface area contributed by atoms with E-state index in [0.717, 1.165) is 5.56 Å². The van der Waals surface area contributed by atoms with E-state index in [4.69, 9.17) is 14.6 Å². The van der Waals surface area contributed by atoms with E-state index < -0.39 is 12.3 Å². The molecule has 2 rings (SSSR count). The van der Waals surface area contributed by atoms with Gasteiger partial charge in [-0.05, 0) is 31.4 Å². The fourth-order valence-electron chi connectivity index (χ4n) is 2.81. The third-order valence-electron chi connectivity index (χ3n) is 3.81. The predicted octanol–water partition coefficient (Wildman–Crippen LogP) is 2.52. The van der Waals surface area contributed by atoms with Crippen molar-refractivity contribution in [2.45, 2.75) is 32.0 Å². The van der Waals surface area contributed by atoms with Gasteiger partial charge < -0.3 is 19.7 Å². The maximum Gasteiger partial charge on any atom is 0.370 e. The van der Waals surface area contributed by atoms with Gasteiger partial charge in [-0.25, -0.2) is 4.79 Å². The maximum atomic E-state index is 11.3. The maximum absolute atomic E-state index is 11.3. The van der Waals surface area contributed by atoms with E-state index in [9.17, 15) is 9.90 Å². The highest BCUT2D eigenvalue weighted by atomic mass is 16.7. The van der Waals surface area contributed by atoms with Gasteiger partial charge in [-0.3, -0.25) is 0 Å². The average molecular weight is 306 g/mol. The van der Waals surface area contributed by atoms with Crippen molar-refractivity contribution in [2.24, 2.45) is 5.92 Å². The molecule has 1 aromatic carbocycles. The SMILES string of the molecule is CCO[C@@H]1OC(C(=O)O)=C[C@H](c2ccccc2)[C@H]1CCCO. The molecule has 0 amide bonds. The van der Waals surface area contributed by atoms with Crippen LogP contribution in [0.3, 0.4) is 0 Å². The highest BCUT2D eigenvalue weighted by molar-refractivity contribution is 5.84. The van der Waals surface area contributed by atoms with Crippen LogP contribution < -0.4 is 0 Å². The van der Waals surface area contributed by atoms with E-state index in [1.54, 1.807) is 6.08 Å². The summed E-state index contributed by atoms with van der Waals surface area (Å²) in [5.74, 6) is -1.31. The molecule has 0 aromatic heterocycles. The van der Waals surface area contributed by atoms with Crippen LogP contribution in [0.5, 0.6) is 0 Å². The van der Waals surface area contributed by atoms with Gasteiger partial charge >= 0.3 is 5.97 Å². The summed E-state index contributed by atoms with van der Waals surface area (Å²) >= 11 is 0. The van der Waals surface area contributed by atoms with Crippen molar-refractivity contribution >= 4 is 5.97 Å². The number of allylic oxidation sites excluding steroid dienone is 1. The lowest BCUT2D eigenvalue weighted by molar-refractivity contribution is -0.173. The van der Waals surface area contributed by atoms with Crippen LogP contribution in [0.25, 0.3) is 0 Å². The summed E-state index contributed by atoms with van der Waals surface area (Å²) in [7, 11) is 0. The van der Waals surface area contributed by atoms with Gasteiger partial charge in [0.25, 0.3) is 0 Å². The topological polar surface area (TPSA) is 76.0 Å². The second-order valence-electron chi connectivity index (χ2n) is 5.24. The number of benzene rings is 1. The number of aliphatic carboxylic acids is 1. The molecule has 120 valence electrons. The van der Waals surface area contributed by atoms with Gasteiger partial charge in [0.05, 0.1) is 0 Å². The van der Waals surface area contributed by atoms with Crippen molar-refractivity contribution in [3.8, 4) is 0 Å². The fraction of sp³-hybridized carbons (Fsp3) is 0.471. The molecule has 5 nitrogen and oxygen atoms in total. The number of ether oxygens (including phenoxy) is 2. The molecule has 5 heteroatoms. The van der Waals surface area contributed by atoms with Gasteiger partial charge in [-0.1, -0.05) is 30.3 Å². The third kappa shape index (κ3) is 3.87. The molecule has 0 saturated heterocycles. The number of carboxylic acid groups (broad SMARTS) is 1. The summed E-state index contributed by atoms with van der Waals surface area (Å²) < 4.78 is 11.1. The molecule has 0 aliphatic carbocycles. The minimum absolute atomic E-state index is 0.0300. The molecule has 1 aliphatic rings. The van der Waals surface area contributed by atoms with Crippen LogP contribution in [0.1, 0.15) is 31.2 Å². The number of hydrogen-bond donors (Lipinski definition) is 2. The van der Waals surface area contributed by atoms with Crippen molar-refractivity contribution in [1.82, 2.24) is 0 Å². The van der Waals surface area contributed by atoms with Gasteiger partial charge in [0.2, 0.25) is 12.0 Å². The quantitative estimate of drug-likeness (QED) is 0.809. The molecule has 22 heavy (non-hydrogen) atoms. The van der Waals surface area contributed by atoms with Crippen LogP contribution in [0.4, 0.5) is 0 Å². The second kappa shape index (κ2) is 7.96. The number of hydrogen-bond acceptors (Lipinski definition) is 4. The minimum atomic E-state index is -1.09. The van der Waals surface area contributed by atoms with Crippen molar-refractivity contribution in [3.63, 3.8) is 0 Å². The Morgan fingerprint density at radius 2 is 2.05 bits per heavy atom. The van der Waals surface area contributed by atoms with E-state index in [1.165, 1.54) is 0 Å². The summed E-state index contributed by atoms with van der Waals surface area (Å²) in [6, 6.07) is 9.73. The largest absolute Gasteiger partial charge is 0.475 e. The van der Waals surface area contributed by atoms with E-state index in [0.29, 0.717) is 19.4 Å². The monoisotopic (exact) mass is 306 g/mol. The smallest absolute Gasteiger partial charge is 0.370 e. The molecule has 1 aliphatic heterocycles. The second-order valence-corrected chi connectivity index (χ2v) is 5.24. The zero-order valence-corrected chi connectivity index (χ0v) is 12.6. The van der Waals surface area contributed by atoms with Crippen LogP contribution in [-0.4, -0.2) is 35.7 Å². The van der Waals surface area contributed by atoms with Crippen LogP contribution in [-0.2, 0) is 14.3 Å². The first kappa shape index (κ1) is 16.5. The molecule has 1 heterocycles. The van der Waals surface area contributed by atoms with Crippen molar-refractivity contribution in [2.75, 3.05) is 13.2 Å². The Hall–Kier alpha value is -1.85. The predicted molar refractivity (Wildman–Crippen MR) is 81.2 cm³/mol. The number of carboxylic acids is 1. The number of rotatable bonds is 7. The summed E-state index contributed by atoms with van der Waals surface area (Å²) in [6.07, 6.45) is 2.36. The molecule has 0 fully saturated rings. The lowest BCUT2D eigenvalue weighted by atomic mass is 9.80. The number of carbonyl (C=O) groups is 1. The molecule has 0 radical (unpaired) electrons. The molecule has 0 spiro atoms. The van der Waals surface area contributed by atoms with Crippen molar-refractivity contribution < 1.29 is 24.5 Å². The number of aliphatic hydroxyl groups is 1. The molecule has 0 saturated carbocycles. The van der Waals surface area contributed by atoms with Crippen LogP contribution >= 0.6 is 0 Å². The Morgan fingerprint density at radius 3 is 2.64 bits per heavy atom. The molecule has 2 N–H and O–H groups in total. The Kier molecular flexibility index (Phi) is 5.98. The summed E-state index contributed by atoms with van der Waals surface area (Å²) in [6.45, 7) is 2.38. The van der Waals surface area contributed by atoms with Crippen LogP contribution in [0.2, 0.25) is 0 Å². The zero-order chi connectivity index (χ0) is 15.9. The Bertz CT molecular complexity index is 511. The minimum Gasteiger partial charge on any atom is -0.475 e. The van der Waals surface area contributed by atoms with E-state index >= 15 is 0 Å². The summed E-state index contributed by atoms with van der Waals surface area (Å²) in [5.41, 5.74) is 1.03. The van der Waals surface area contributed by atoms with Gasteiger partial charge in [0.1, 0.15) is 0 Å². The summed E-state index contributed by atoms with van der Waals surface area (Å²) in [5, 5.41) is 18.4. The van der Waals surface area contributed by atoms with Gasteiger partial charge in [0.15, 0.2) is 0 Å². The molecular formula is C17H22O5. The third-order valence-corrected chi connectivity index (χ3v) is 3.81. The van der Waals surface area contributed by atoms with E-state index in [1.807, 2.05) is 37.3 Å². The average Bonchev–Trinajstić information content (AvgIpc) is 2.54. The van der Waals surface area contributed by atoms with Gasteiger partial charge in [-0.2, -0.15) is 0 Å². The molecule has 3 atom stereocenters. The van der Waals surface area contributed by atoms with Crippen LogP contribution in [0.15, 0.2) is 42.2 Å². The lowest BCUT2D eigenvalue weighted by Gasteiger charge is -2.36. The molecule has 0 unspecified atom stereocenters. The first-order chi connectivity index (χ1) is 10.7. The summed E-state index contributed by atoms with van der Waals surface area (Å²) in [4.78, 5) is 11.3. The van der Waals surface area contributed by atoms with Gasteiger partial charge in [-0.15, -0.1) is 0 Å². The highest BCUT2D eigenvalue weighted by Crippen LogP contribution is 2.39. The Balaban J connectivity index is 2.36. The van der Waals surface area contributed by atoms with Crippen molar-refractivity contribution in [3.05, 3.63) is 47.7 Å². The van der Waals surface area contributed by atoms with E-state index in [2.05, 4.69) is 0 Å². The van der Waals surface area contributed by atoms with E-state index in [-0.39, 0.29) is 24.2 Å². The highest BCUT2D eigenvalue weighted by Gasteiger charge is 2.37. The zero-order valence-electron chi connectivity index (χ0n) is 12.6. The first-order valence-corrected chi connectivity index (χ1v) is 7.56.